The number of aromatic nitrogens is 1. The molecule has 0 unspecified atom stereocenters. The molecule has 0 spiro atoms. The number of rotatable bonds is 6. The monoisotopic (exact) mass is 495 g/mol. The van der Waals surface area contributed by atoms with Crippen LogP contribution >= 0.6 is 31.9 Å². The Morgan fingerprint density at radius 1 is 0.630 bits per heavy atom. The maximum atomic E-state index is 5.66. The van der Waals surface area contributed by atoms with Crippen molar-refractivity contribution in [2.24, 2.45) is 0 Å². The highest BCUT2D eigenvalue weighted by atomic mass is 79.9. The van der Waals surface area contributed by atoms with E-state index in [9.17, 15) is 0 Å². The molecule has 7 heteroatoms. The molecule has 0 amide bonds. The number of hydrogen-bond donors (Lipinski definition) is 1. The van der Waals surface area contributed by atoms with Gasteiger partial charge in [0.2, 0.25) is 0 Å². The number of H-pyrrole nitrogens is 1. The van der Waals surface area contributed by atoms with Gasteiger partial charge in [0, 0.05) is 11.1 Å². The highest BCUT2D eigenvalue weighted by Gasteiger charge is 2.22. The molecule has 0 bridgehead atoms. The lowest BCUT2D eigenvalue weighted by atomic mass is 10.1. The fourth-order valence-corrected chi connectivity index (χ4v) is 3.99. The maximum Gasteiger partial charge on any atom is 0.187 e. The van der Waals surface area contributed by atoms with Gasteiger partial charge >= 0.3 is 0 Å². The van der Waals surface area contributed by atoms with Crippen LogP contribution < -0.4 is 18.9 Å². The predicted octanol–water partition coefficient (Wildman–Crippen LogP) is 5.91. The zero-order valence-corrected chi connectivity index (χ0v) is 18.5. The Bertz CT molecular complexity index is 893. The van der Waals surface area contributed by atoms with E-state index in [0.29, 0.717) is 11.5 Å². The van der Waals surface area contributed by atoms with E-state index in [1.807, 2.05) is 36.4 Å². The average Bonchev–Trinajstić information content (AvgIpc) is 3.06. The zero-order valence-electron chi connectivity index (χ0n) is 15.4. The molecule has 3 rings (SSSR count). The molecule has 3 aromatic rings. The summed E-state index contributed by atoms with van der Waals surface area (Å²) < 4.78 is 23.7. The van der Waals surface area contributed by atoms with Crippen LogP contribution in [0.4, 0.5) is 0 Å². The van der Waals surface area contributed by atoms with E-state index in [1.54, 1.807) is 28.4 Å². The molecule has 1 aromatic heterocycles. The molecule has 0 aliphatic heterocycles. The summed E-state index contributed by atoms with van der Waals surface area (Å²) in [7, 11) is 6.53. The standard InChI is InChI=1S/C20H19Br2NO4/c1-24-15-7-5-11(9-13(15)21)17-19(26-3)20(27-4)18(23-17)12-6-8-16(25-2)14(22)10-12/h5-10,23H,1-4H3. The Balaban J connectivity index is 2.17. The van der Waals surface area contributed by atoms with E-state index in [-0.39, 0.29) is 0 Å². The van der Waals surface area contributed by atoms with Gasteiger partial charge in [-0.1, -0.05) is 0 Å². The molecule has 1 heterocycles. The topological polar surface area (TPSA) is 52.7 Å². The van der Waals surface area contributed by atoms with Crippen molar-refractivity contribution in [2.75, 3.05) is 28.4 Å². The largest absolute Gasteiger partial charge is 0.496 e. The van der Waals surface area contributed by atoms with E-state index in [2.05, 4.69) is 36.8 Å². The maximum absolute atomic E-state index is 5.66. The van der Waals surface area contributed by atoms with E-state index < -0.39 is 0 Å². The average molecular weight is 497 g/mol. The summed E-state index contributed by atoms with van der Waals surface area (Å²) in [6, 6.07) is 11.7. The van der Waals surface area contributed by atoms with Gasteiger partial charge in [0.05, 0.1) is 48.8 Å². The molecular weight excluding hydrogens is 478 g/mol. The number of nitrogens with one attached hydrogen (secondary N) is 1. The smallest absolute Gasteiger partial charge is 0.187 e. The van der Waals surface area contributed by atoms with Crippen molar-refractivity contribution in [2.45, 2.75) is 0 Å². The Morgan fingerprint density at radius 2 is 1.04 bits per heavy atom. The van der Waals surface area contributed by atoms with Gasteiger partial charge in [-0.15, -0.1) is 0 Å². The van der Waals surface area contributed by atoms with Gasteiger partial charge in [0.25, 0.3) is 0 Å². The Morgan fingerprint density at radius 3 is 1.33 bits per heavy atom. The third-order valence-electron chi connectivity index (χ3n) is 4.20. The molecule has 142 valence electrons. The molecule has 0 fully saturated rings. The quantitative estimate of drug-likeness (QED) is 0.461. The van der Waals surface area contributed by atoms with Gasteiger partial charge in [-0.3, -0.25) is 0 Å². The third-order valence-corrected chi connectivity index (χ3v) is 5.44. The van der Waals surface area contributed by atoms with Crippen molar-refractivity contribution in [3.63, 3.8) is 0 Å². The molecule has 0 aliphatic rings. The second-order valence-corrected chi connectivity index (χ2v) is 7.35. The van der Waals surface area contributed by atoms with Crippen LogP contribution in [-0.4, -0.2) is 33.4 Å². The van der Waals surface area contributed by atoms with Crippen molar-refractivity contribution in [1.29, 1.82) is 0 Å². The first-order chi connectivity index (χ1) is 13.0. The molecule has 2 aromatic carbocycles. The van der Waals surface area contributed by atoms with Crippen LogP contribution in [0.1, 0.15) is 0 Å². The van der Waals surface area contributed by atoms with Crippen LogP contribution in [0.3, 0.4) is 0 Å². The number of methoxy groups -OCH3 is 4. The highest BCUT2D eigenvalue weighted by molar-refractivity contribution is 9.10. The van der Waals surface area contributed by atoms with Gasteiger partial charge < -0.3 is 23.9 Å². The summed E-state index contributed by atoms with van der Waals surface area (Å²) in [5, 5.41) is 0. The van der Waals surface area contributed by atoms with Crippen molar-refractivity contribution in [3.8, 4) is 45.5 Å². The normalized spacial score (nSPS) is 10.6. The number of benzene rings is 2. The lowest BCUT2D eigenvalue weighted by Crippen LogP contribution is -1.90. The van der Waals surface area contributed by atoms with Gasteiger partial charge in [-0.05, 0) is 68.3 Å². The van der Waals surface area contributed by atoms with Crippen LogP contribution in [0.25, 0.3) is 22.5 Å². The molecule has 5 nitrogen and oxygen atoms in total. The summed E-state index contributed by atoms with van der Waals surface area (Å²) in [6.07, 6.45) is 0. The van der Waals surface area contributed by atoms with E-state index in [0.717, 1.165) is 43.0 Å². The summed E-state index contributed by atoms with van der Waals surface area (Å²) in [5.41, 5.74) is 3.52. The number of hydrogen-bond acceptors (Lipinski definition) is 4. The minimum absolute atomic E-state index is 0.636. The molecular formula is C20H19Br2NO4. The van der Waals surface area contributed by atoms with Crippen molar-refractivity contribution < 1.29 is 18.9 Å². The van der Waals surface area contributed by atoms with Gasteiger partial charge in [-0.2, -0.15) is 0 Å². The fraction of sp³-hybridized carbons (Fsp3) is 0.200. The summed E-state index contributed by atoms with van der Waals surface area (Å²) >= 11 is 7.07. The Kier molecular flexibility index (Phi) is 6.01. The minimum Gasteiger partial charge on any atom is -0.496 e. The van der Waals surface area contributed by atoms with Crippen molar-refractivity contribution >= 4 is 31.9 Å². The zero-order chi connectivity index (χ0) is 19.6. The predicted molar refractivity (Wildman–Crippen MR) is 113 cm³/mol. The first kappa shape index (κ1) is 19.6. The van der Waals surface area contributed by atoms with Crippen LogP contribution in [0.15, 0.2) is 45.3 Å². The lowest BCUT2D eigenvalue weighted by molar-refractivity contribution is 0.360. The van der Waals surface area contributed by atoms with Crippen LogP contribution in [0, 0.1) is 0 Å². The van der Waals surface area contributed by atoms with Gasteiger partial charge in [0.15, 0.2) is 11.5 Å². The number of ether oxygens (including phenoxy) is 4. The van der Waals surface area contributed by atoms with Gasteiger partial charge in [0.1, 0.15) is 11.5 Å². The number of aromatic amines is 1. The van der Waals surface area contributed by atoms with E-state index >= 15 is 0 Å². The molecule has 0 aliphatic carbocycles. The lowest BCUT2D eigenvalue weighted by Gasteiger charge is -2.08. The molecule has 27 heavy (non-hydrogen) atoms. The Labute approximate surface area is 174 Å². The Hall–Kier alpha value is -2.12. The fourth-order valence-electron chi connectivity index (χ4n) is 2.91. The molecule has 1 N–H and O–H groups in total. The summed E-state index contributed by atoms with van der Waals surface area (Å²) in [5.74, 6) is 2.79. The number of halogens is 2. The minimum atomic E-state index is 0.636. The molecule has 0 saturated carbocycles. The summed E-state index contributed by atoms with van der Waals surface area (Å²) in [6.45, 7) is 0. The first-order valence-electron chi connectivity index (χ1n) is 8.05. The van der Waals surface area contributed by atoms with E-state index in [1.165, 1.54) is 0 Å². The van der Waals surface area contributed by atoms with Crippen molar-refractivity contribution in [3.05, 3.63) is 45.3 Å². The van der Waals surface area contributed by atoms with Gasteiger partial charge in [-0.25, -0.2) is 0 Å². The molecule has 0 atom stereocenters. The highest BCUT2D eigenvalue weighted by Crippen LogP contribution is 2.47. The second-order valence-electron chi connectivity index (χ2n) is 5.64. The third kappa shape index (κ3) is 3.66. The molecule has 0 radical (unpaired) electrons. The summed E-state index contributed by atoms with van der Waals surface area (Å²) in [4.78, 5) is 3.44. The van der Waals surface area contributed by atoms with E-state index in [4.69, 9.17) is 18.9 Å². The SMILES string of the molecule is COc1ccc(-c2[nH]c(-c3ccc(OC)c(Br)c3)c(OC)c2OC)cc1Br. The van der Waals surface area contributed by atoms with Crippen molar-refractivity contribution in [1.82, 2.24) is 4.98 Å². The second kappa shape index (κ2) is 8.27. The molecule has 0 saturated heterocycles. The van der Waals surface area contributed by atoms with Crippen LogP contribution in [0.2, 0.25) is 0 Å². The van der Waals surface area contributed by atoms with Crippen LogP contribution in [0.5, 0.6) is 23.0 Å². The first-order valence-corrected chi connectivity index (χ1v) is 9.64. The van der Waals surface area contributed by atoms with Crippen LogP contribution in [-0.2, 0) is 0 Å².